The van der Waals surface area contributed by atoms with Crippen LogP contribution in [-0.4, -0.2) is 30.2 Å². The van der Waals surface area contributed by atoms with E-state index in [4.69, 9.17) is 5.26 Å². The van der Waals surface area contributed by atoms with Crippen molar-refractivity contribution in [2.45, 2.75) is 39.4 Å². The fourth-order valence-electron chi connectivity index (χ4n) is 2.53. The van der Waals surface area contributed by atoms with E-state index in [0.717, 1.165) is 6.42 Å². The first-order valence-corrected chi connectivity index (χ1v) is 5.96. The van der Waals surface area contributed by atoms with Crippen LogP contribution in [0, 0.1) is 29.1 Å². The van der Waals surface area contributed by atoms with Crippen LogP contribution in [0.15, 0.2) is 0 Å². The number of piperidine rings is 1. The second-order valence-electron chi connectivity index (χ2n) is 5.24. The van der Waals surface area contributed by atoms with Gasteiger partial charge in [0.1, 0.15) is 0 Å². The fraction of sp³-hybridized carbons (Fsp3) is 0.917. The zero-order valence-corrected chi connectivity index (χ0v) is 10.5. The maximum atomic E-state index is 12.5. The first kappa shape index (κ1) is 14.3. The van der Waals surface area contributed by atoms with Crippen LogP contribution < -0.4 is 0 Å². The van der Waals surface area contributed by atoms with Gasteiger partial charge in [-0.1, -0.05) is 13.8 Å². The smallest absolute Gasteiger partial charge is 0.298 e. The molecule has 2 nitrogen and oxygen atoms in total. The number of nitriles is 1. The highest BCUT2D eigenvalue weighted by atomic mass is 19.4. The molecule has 1 heterocycles. The molecule has 0 aromatic carbocycles. The van der Waals surface area contributed by atoms with E-state index < -0.39 is 12.1 Å². The molecule has 17 heavy (non-hydrogen) atoms. The average molecular weight is 248 g/mol. The van der Waals surface area contributed by atoms with Gasteiger partial charge in [-0.15, -0.1) is 0 Å². The summed E-state index contributed by atoms with van der Waals surface area (Å²) in [4.78, 5) is 1.81. The van der Waals surface area contributed by atoms with E-state index in [9.17, 15) is 13.2 Å². The summed E-state index contributed by atoms with van der Waals surface area (Å²) in [5, 5.41) is 8.61. The van der Waals surface area contributed by atoms with Gasteiger partial charge in [0.25, 0.3) is 0 Å². The van der Waals surface area contributed by atoms with Crippen molar-refractivity contribution >= 4 is 0 Å². The van der Waals surface area contributed by atoms with Crippen molar-refractivity contribution in [3.63, 3.8) is 0 Å². The number of hydrogen-bond donors (Lipinski definition) is 0. The summed E-state index contributed by atoms with van der Waals surface area (Å²) in [6.45, 7) is 6.50. The predicted octanol–water partition coefficient (Wildman–Crippen LogP) is 3.05. The molecule has 0 aromatic rings. The van der Waals surface area contributed by atoms with E-state index in [0.29, 0.717) is 18.4 Å². The molecule has 98 valence electrons. The van der Waals surface area contributed by atoms with E-state index in [1.54, 1.807) is 4.90 Å². The van der Waals surface area contributed by atoms with Crippen molar-refractivity contribution in [2.75, 3.05) is 13.1 Å². The molecular formula is C12H19F3N2. The van der Waals surface area contributed by atoms with Crippen LogP contribution >= 0.6 is 0 Å². The van der Waals surface area contributed by atoms with Gasteiger partial charge in [0, 0.05) is 19.1 Å². The van der Waals surface area contributed by atoms with Crippen LogP contribution in [-0.2, 0) is 0 Å². The Morgan fingerprint density at radius 3 is 2.41 bits per heavy atom. The molecule has 4 atom stereocenters. The number of likely N-dealkylation sites (tertiary alicyclic amines) is 1. The van der Waals surface area contributed by atoms with E-state index in [1.165, 1.54) is 6.07 Å². The Balaban J connectivity index is 2.69. The molecule has 0 aliphatic carbocycles. The highest BCUT2D eigenvalue weighted by Gasteiger charge is 2.42. The minimum absolute atomic E-state index is 0.115. The zero-order valence-electron chi connectivity index (χ0n) is 10.5. The van der Waals surface area contributed by atoms with Gasteiger partial charge in [-0.05, 0) is 25.2 Å². The van der Waals surface area contributed by atoms with Crippen LogP contribution in [0.2, 0.25) is 0 Å². The third kappa shape index (κ3) is 3.60. The second kappa shape index (κ2) is 5.26. The van der Waals surface area contributed by atoms with E-state index in [-0.39, 0.29) is 12.6 Å². The third-order valence-corrected chi connectivity index (χ3v) is 3.69. The maximum absolute atomic E-state index is 12.5. The summed E-state index contributed by atoms with van der Waals surface area (Å²) in [6, 6.07) is 1.49. The highest BCUT2D eigenvalue weighted by molar-refractivity contribution is 4.93. The summed E-state index contributed by atoms with van der Waals surface area (Å²) in [5.74, 6) is -1.09. The van der Waals surface area contributed by atoms with Gasteiger partial charge < -0.3 is 0 Å². The van der Waals surface area contributed by atoms with Crippen LogP contribution in [0.5, 0.6) is 0 Å². The number of halogens is 3. The van der Waals surface area contributed by atoms with Gasteiger partial charge in [-0.2, -0.15) is 18.4 Å². The Kier molecular flexibility index (Phi) is 4.42. The summed E-state index contributed by atoms with van der Waals surface area (Å²) in [5.41, 5.74) is 0. The first-order chi connectivity index (χ1) is 7.75. The SMILES string of the molecule is CC1CC(C)C(C)N(CC(C#N)C(F)(F)F)C1. The molecule has 1 aliphatic rings. The molecule has 1 rings (SSSR count). The average Bonchev–Trinajstić information content (AvgIpc) is 2.19. The van der Waals surface area contributed by atoms with Crippen LogP contribution in [0.25, 0.3) is 0 Å². The number of alkyl halides is 3. The molecule has 0 N–H and O–H groups in total. The van der Waals surface area contributed by atoms with Crippen molar-refractivity contribution < 1.29 is 13.2 Å². The lowest BCUT2D eigenvalue weighted by atomic mass is 9.85. The summed E-state index contributed by atoms with van der Waals surface area (Å²) in [7, 11) is 0. The Hall–Kier alpha value is -0.760. The lowest BCUT2D eigenvalue weighted by Gasteiger charge is -2.41. The van der Waals surface area contributed by atoms with Crippen LogP contribution in [0.4, 0.5) is 13.2 Å². The van der Waals surface area contributed by atoms with E-state index in [1.807, 2.05) is 13.8 Å². The lowest BCUT2D eigenvalue weighted by molar-refractivity contribution is -0.166. The molecule has 1 fully saturated rings. The number of rotatable bonds is 2. The zero-order chi connectivity index (χ0) is 13.2. The van der Waals surface area contributed by atoms with Crippen LogP contribution in [0.3, 0.4) is 0 Å². The Labute approximate surface area is 100 Å². The van der Waals surface area contributed by atoms with Gasteiger partial charge in [-0.25, -0.2) is 0 Å². The topological polar surface area (TPSA) is 27.0 Å². The minimum Gasteiger partial charge on any atom is -0.298 e. The predicted molar refractivity (Wildman–Crippen MR) is 59.1 cm³/mol. The van der Waals surface area contributed by atoms with Gasteiger partial charge in [-0.3, -0.25) is 4.90 Å². The molecule has 1 aliphatic heterocycles. The Morgan fingerprint density at radius 1 is 1.35 bits per heavy atom. The molecule has 1 saturated heterocycles. The molecule has 0 aromatic heterocycles. The molecule has 0 amide bonds. The quantitative estimate of drug-likeness (QED) is 0.751. The third-order valence-electron chi connectivity index (χ3n) is 3.69. The van der Waals surface area contributed by atoms with Crippen molar-refractivity contribution in [3.05, 3.63) is 0 Å². The molecule has 0 spiro atoms. The maximum Gasteiger partial charge on any atom is 0.405 e. The van der Waals surface area contributed by atoms with Crippen molar-refractivity contribution in [2.24, 2.45) is 17.8 Å². The molecule has 0 bridgehead atoms. The summed E-state index contributed by atoms with van der Waals surface area (Å²) in [6.07, 6.45) is -3.38. The van der Waals surface area contributed by atoms with E-state index >= 15 is 0 Å². The van der Waals surface area contributed by atoms with Crippen molar-refractivity contribution in [3.8, 4) is 6.07 Å². The number of nitrogens with zero attached hydrogens (tertiary/aromatic N) is 2. The molecular weight excluding hydrogens is 229 g/mol. The summed E-state index contributed by atoms with van der Waals surface area (Å²) < 4.78 is 37.6. The molecule has 4 unspecified atom stereocenters. The first-order valence-electron chi connectivity index (χ1n) is 5.96. The van der Waals surface area contributed by atoms with Gasteiger partial charge >= 0.3 is 6.18 Å². The van der Waals surface area contributed by atoms with Gasteiger partial charge in [0.2, 0.25) is 0 Å². The van der Waals surface area contributed by atoms with Gasteiger partial charge in [0.15, 0.2) is 5.92 Å². The van der Waals surface area contributed by atoms with Gasteiger partial charge in [0.05, 0.1) is 6.07 Å². The Morgan fingerprint density at radius 2 is 1.94 bits per heavy atom. The van der Waals surface area contributed by atoms with Crippen molar-refractivity contribution in [1.82, 2.24) is 4.90 Å². The molecule has 0 saturated carbocycles. The standard InChI is InChI=1S/C12H19F3N2/c1-8-4-9(2)10(3)17(6-8)7-11(5-16)12(13,14)15/h8-11H,4,6-7H2,1-3H3. The lowest BCUT2D eigenvalue weighted by Crippen LogP contribution is -2.49. The monoisotopic (exact) mass is 248 g/mol. The molecule has 0 radical (unpaired) electrons. The normalized spacial score (nSPS) is 33.1. The number of hydrogen-bond acceptors (Lipinski definition) is 2. The Bertz CT molecular complexity index is 295. The van der Waals surface area contributed by atoms with E-state index in [2.05, 4.69) is 6.92 Å². The van der Waals surface area contributed by atoms with Crippen LogP contribution in [0.1, 0.15) is 27.2 Å². The largest absolute Gasteiger partial charge is 0.405 e. The minimum atomic E-state index is -4.42. The summed E-state index contributed by atoms with van der Waals surface area (Å²) >= 11 is 0. The highest BCUT2D eigenvalue weighted by Crippen LogP contribution is 2.31. The van der Waals surface area contributed by atoms with Crippen molar-refractivity contribution in [1.29, 1.82) is 5.26 Å². The molecule has 5 heteroatoms. The fourth-order valence-corrected chi connectivity index (χ4v) is 2.53. The second-order valence-corrected chi connectivity index (χ2v) is 5.24.